The van der Waals surface area contributed by atoms with Gasteiger partial charge in [0.25, 0.3) is 0 Å². The summed E-state index contributed by atoms with van der Waals surface area (Å²) in [6.45, 7) is 7.24. The maximum Gasteiger partial charge on any atom is 0.0708 e. The van der Waals surface area contributed by atoms with Gasteiger partial charge in [-0.3, -0.25) is 0 Å². The maximum atomic E-state index is 5.98. The minimum atomic E-state index is -0.140. The molecule has 1 saturated heterocycles. The molecule has 4 heteroatoms. The highest BCUT2D eigenvalue weighted by Gasteiger charge is 2.33. The van der Waals surface area contributed by atoms with Crippen LogP contribution in [0, 0.1) is 0 Å². The molecule has 0 aromatic carbocycles. The van der Waals surface area contributed by atoms with Crippen molar-refractivity contribution in [1.29, 1.82) is 0 Å². The smallest absolute Gasteiger partial charge is 0.0708 e. The molecule has 1 atom stereocenters. The average Bonchev–Trinajstić information content (AvgIpc) is 2.61. The van der Waals surface area contributed by atoms with E-state index in [-0.39, 0.29) is 11.1 Å². The van der Waals surface area contributed by atoms with E-state index < -0.39 is 0 Å². The van der Waals surface area contributed by atoms with Gasteiger partial charge in [0.1, 0.15) is 0 Å². The number of halogens is 2. The van der Waals surface area contributed by atoms with Gasteiger partial charge in [-0.25, -0.2) is 0 Å². The van der Waals surface area contributed by atoms with Crippen LogP contribution in [0.4, 0.5) is 0 Å². The van der Waals surface area contributed by atoms with Gasteiger partial charge in [0.2, 0.25) is 0 Å². The van der Waals surface area contributed by atoms with Crippen molar-refractivity contribution in [2.24, 2.45) is 0 Å². The predicted molar refractivity (Wildman–Crippen MR) is 70.7 cm³/mol. The van der Waals surface area contributed by atoms with E-state index in [1.54, 1.807) is 0 Å². The zero-order valence-corrected chi connectivity index (χ0v) is 12.0. The molecule has 1 fully saturated rings. The Morgan fingerprint density at radius 1 is 1.38 bits per heavy atom. The number of rotatable bonds is 6. The van der Waals surface area contributed by atoms with Crippen LogP contribution in [0.5, 0.6) is 0 Å². The van der Waals surface area contributed by atoms with Gasteiger partial charge in [0.15, 0.2) is 0 Å². The van der Waals surface area contributed by atoms with Gasteiger partial charge in [-0.15, -0.1) is 23.2 Å². The molecule has 0 aromatic heterocycles. The predicted octanol–water partition coefficient (Wildman–Crippen LogP) is 3.16. The van der Waals surface area contributed by atoms with Crippen LogP contribution in [0.1, 0.15) is 40.0 Å². The number of ether oxygens (including phenoxy) is 1. The maximum absolute atomic E-state index is 5.98. The Morgan fingerprint density at radius 3 is 2.38 bits per heavy atom. The number of nitrogens with one attached hydrogen (secondary N) is 1. The molecule has 1 rings (SSSR count). The van der Waals surface area contributed by atoms with Gasteiger partial charge in [0.05, 0.1) is 11.7 Å². The molecule has 1 aliphatic heterocycles. The molecule has 0 amide bonds. The first kappa shape index (κ1) is 14.6. The highest BCUT2D eigenvalue weighted by Crippen LogP contribution is 2.29. The molecule has 2 nitrogen and oxygen atoms in total. The highest BCUT2D eigenvalue weighted by atomic mass is 35.5. The monoisotopic (exact) mass is 267 g/mol. The largest absolute Gasteiger partial charge is 0.371 e. The van der Waals surface area contributed by atoms with E-state index in [0.717, 1.165) is 25.8 Å². The third-order valence-electron chi connectivity index (χ3n) is 3.45. The van der Waals surface area contributed by atoms with E-state index in [1.165, 1.54) is 0 Å². The van der Waals surface area contributed by atoms with Crippen LogP contribution in [0.25, 0.3) is 0 Å². The molecule has 16 heavy (non-hydrogen) atoms. The van der Waals surface area contributed by atoms with Crippen LogP contribution in [-0.2, 0) is 4.74 Å². The van der Waals surface area contributed by atoms with Crippen molar-refractivity contribution in [3.63, 3.8) is 0 Å². The Kier molecular flexibility index (Phi) is 5.37. The molecule has 1 unspecified atom stereocenters. The molecule has 0 bridgehead atoms. The number of hydrogen-bond donors (Lipinski definition) is 1. The summed E-state index contributed by atoms with van der Waals surface area (Å²) in [7, 11) is 0. The summed E-state index contributed by atoms with van der Waals surface area (Å²) >= 11 is 12.0. The van der Waals surface area contributed by atoms with E-state index in [1.807, 2.05) is 0 Å². The van der Waals surface area contributed by atoms with Crippen molar-refractivity contribution in [2.45, 2.75) is 57.3 Å². The lowest BCUT2D eigenvalue weighted by Crippen LogP contribution is -2.51. The van der Waals surface area contributed by atoms with Crippen LogP contribution >= 0.6 is 23.2 Å². The third-order valence-corrected chi connectivity index (χ3v) is 4.47. The molecule has 0 saturated carbocycles. The second kappa shape index (κ2) is 5.90. The molecule has 1 N–H and O–H groups in total. The Labute approximate surface area is 109 Å². The molecule has 96 valence electrons. The number of alkyl halides is 2. The topological polar surface area (TPSA) is 21.3 Å². The SMILES string of the molecule is CCC(CCl)(CCl)NCC1CCC(C)(C)O1. The summed E-state index contributed by atoms with van der Waals surface area (Å²) in [5.41, 5.74) is -0.109. The van der Waals surface area contributed by atoms with E-state index >= 15 is 0 Å². The minimum Gasteiger partial charge on any atom is -0.371 e. The highest BCUT2D eigenvalue weighted by molar-refractivity contribution is 6.22. The summed E-state index contributed by atoms with van der Waals surface area (Å²) in [6, 6.07) is 0. The minimum absolute atomic E-state index is 0.0309. The van der Waals surface area contributed by atoms with Crippen molar-refractivity contribution in [3.8, 4) is 0 Å². The first-order valence-corrected chi connectivity index (χ1v) is 7.08. The van der Waals surface area contributed by atoms with E-state index in [4.69, 9.17) is 27.9 Å². The summed E-state index contributed by atoms with van der Waals surface area (Å²) in [5.74, 6) is 1.09. The molecule has 1 aliphatic rings. The van der Waals surface area contributed by atoms with Gasteiger partial charge in [-0.2, -0.15) is 0 Å². The first-order chi connectivity index (χ1) is 7.47. The van der Waals surface area contributed by atoms with Crippen LogP contribution < -0.4 is 5.32 Å². The molecule has 1 heterocycles. The Morgan fingerprint density at radius 2 is 2.00 bits per heavy atom. The molecule has 0 aromatic rings. The van der Waals surface area contributed by atoms with Gasteiger partial charge in [-0.1, -0.05) is 6.92 Å². The van der Waals surface area contributed by atoms with E-state index in [2.05, 4.69) is 26.1 Å². The average molecular weight is 268 g/mol. The fourth-order valence-electron chi connectivity index (χ4n) is 2.00. The van der Waals surface area contributed by atoms with Gasteiger partial charge in [0, 0.05) is 23.8 Å². The first-order valence-electron chi connectivity index (χ1n) is 6.02. The van der Waals surface area contributed by atoms with Crippen molar-refractivity contribution in [1.82, 2.24) is 5.32 Å². The van der Waals surface area contributed by atoms with Crippen molar-refractivity contribution >= 4 is 23.2 Å². The van der Waals surface area contributed by atoms with Crippen LogP contribution in [0.2, 0.25) is 0 Å². The normalized spacial score (nSPS) is 24.9. The van der Waals surface area contributed by atoms with Crippen molar-refractivity contribution in [3.05, 3.63) is 0 Å². The zero-order chi connectivity index (χ0) is 12.2. The molecule has 0 radical (unpaired) electrons. The Hall–Kier alpha value is 0.500. The third kappa shape index (κ3) is 3.76. The lowest BCUT2D eigenvalue weighted by molar-refractivity contribution is -0.0164. The Bertz CT molecular complexity index is 209. The summed E-state index contributed by atoms with van der Waals surface area (Å²) in [6.07, 6.45) is 3.48. The molecular weight excluding hydrogens is 245 g/mol. The Balaban J connectivity index is 2.39. The number of hydrogen-bond acceptors (Lipinski definition) is 2. The van der Waals surface area contributed by atoms with E-state index in [0.29, 0.717) is 17.9 Å². The van der Waals surface area contributed by atoms with Crippen molar-refractivity contribution in [2.75, 3.05) is 18.3 Å². The van der Waals surface area contributed by atoms with Crippen LogP contribution in [0.3, 0.4) is 0 Å². The van der Waals surface area contributed by atoms with Crippen LogP contribution in [0.15, 0.2) is 0 Å². The standard InChI is InChI=1S/C12H23Cl2NO/c1-4-12(8-13,9-14)15-7-10-5-6-11(2,3)16-10/h10,15H,4-9H2,1-3H3. The molecule has 0 aliphatic carbocycles. The zero-order valence-electron chi connectivity index (χ0n) is 10.5. The molecular formula is C12H23Cl2NO. The quantitative estimate of drug-likeness (QED) is 0.747. The second-order valence-corrected chi connectivity index (χ2v) is 5.85. The van der Waals surface area contributed by atoms with Crippen LogP contribution in [-0.4, -0.2) is 35.5 Å². The lowest BCUT2D eigenvalue weighted by Gasteiger charge is -2.31. The van der Waals surface area contributed by atoms with Crippen molar-refractivity contribution < 1.29 is 4.74 Å². The van der Waals surface area contributed by atoms with Gasteiger partial charge < -0.3 is 10.1 Å². The lowest BCUT2D eigenvalue weighted by atomic mass is 10.0. The second-order valence-electron chi connectivity index (χ2n) is 5.32. The summed E-state index contributed by atoms with van der Waals surface area (Å²) in [4.78, 5) is 0. The van der Waals surface area contributed by atoms with Gasteiger partial charge >= 0.3 is 0 Å². The summed E-state index contributed by atoms with van der Waals surface area (Å²) < 4.78 is 5.93. The van der Waals surface area contributed by atoms with Gasteiger partial charge in [-0.05, 0) is 33.1 Å². The summed E-state index contributed by atoms with van der Waals surface area (Å²) in [5, 5.41) is 3.47. The van der Waals surface area contributed by atoms with E-state index in [9.17, 15) is 0 Å². The molecule has 0 spiro atoms. The fraction of sp³-hybridized carbons (Fsp3) is 1.00. The fourth-order valence-corrected chi connectivity index (χ4v) is 2.85.